The molecule has 0 radical (unpaired) electrons. The van der Waals surface area contributed by atoms with Crippen LogP contribution in [0.3, 0.4) is 0 Å². The van der Waals surface area contributed by atoms with E-state index in [-0.39, 0.29) is 39.9 Å². The molecule has 1 saturated heterocycles. The summed E-state index contributed by atoms with van der Waals surface area (Å²) in [6, 6.07) is 12.1. The number of rotatable bonds is 6. The van der Waals surface area contributed by atoms with Crippen LogP contribution in [-0.2, 0) is 21.4 Å². The number of amides is 1. The molecule has 1 heterocycles. The van der Waals surface area contributed by atoms with E-state index in [1.165, 1.54) is 16.4 Å². The molecule has 0 bridgehead atoms. The van der Waals surface area contributed by atoms with Gasteiger partial charge in [0, 0.05) is 37.1 Å². The standard InChI is InChI=1S/C21H23Cl3N2O3S/c1-2-25(14-16-6-3-4-7-17(16)22)21(27)15-10-12-26(13-11-15)30(28,29)20-18(23)8-5-9-19(20)24/h3-9,15H,2,10-14H2,1H3. The molecule has 3 rings (SSSR count). The zero-order chi connectivity index (χ0) is 21.9. The van der Waals surface area contributed by atoms with Gasteiger partial charge in [0.15, 0.2) is 0 Å². The number of carbonyl (C=O) groups excluding carboxylic acids is 1. The van der Waals surface area contributed by atoms with Crippen LogP contribution in [0.1, 0.15) is 25.3 Å². The van der Waals surface area contributed by atoms with E-state index < -0.39 is 10.0 Å². The summed E-state index contributed by atoms with van der Waals surface area (Å²) in [5, 5.41) is 0.816. The smallest absolute Gasteiger partial charge is 0.246 e. The van der Waals surface area contributed by atoms with Crippen LogP contribution >= 0.6 is 34.8 Å². The van der Waals surface area contributed by atoms with Crippen molar-refractivity contribution in [3.05, 3.63) is 63.1 Å². The molecule has 0 saturated carbocycles. The van der Waals surface area contributed by atoms with Crippen LogP contribution in [0, 0.1) is 5.92 Å². The molecule has 1 aliphatic heterocycles. The van der Waals surface area contributed by atoms with Gasteiger partial charge in [0.05, 0.1) is 10.0 Å². The van der Waals surface area contributed by atoms with Crippen molar-refractivity contribution in [2.24, 2.45) is 5.92 Å². The summed E-state index contributed by atoms with van der Waals surface area (Å²) in [5.41, 5.74) is 0.891. The number of hydrogen-bond acceptors (Lipinski definition) is 3. The molecule has 0 aliphatic carbocycles. The second-order valence-electron chi connectivity index (χ2n) is 7.17. The van der Waals surface area contributed by atoms with Crippen molar-refractivity contribution in [1.29, 1.82) is 0 Å². The van der Waals surface area contributed by atoms with E-state index in [0.29, 0.717) is 31.0 Å². The van der Waals surface area contributed by atoms with Crippen LogP contribution in [0.2, 0.25) is 15.1 Å². The Morgan fingerprint density at radius 3 is 2.13 bits per heavy atom. The fourth-order valence-electron chi connectivity index (χ4n) is 3.64. The summed E-state index contributed by atoms with van der Waals surface area (Å²) >= 11 is 18.4. The van der Waals surface area contributed by atoms with E-state index in [0.717, 1.165) is 5.56 Å². The molecule has 2 aromatic carbocycles. The van der Waals surface area contributed by atoms with E-state index in [1.807, 2.05) is 25.1 Å². The van der Waals surface area contributed by atoms with Gasteiger partial charge in [-0.25, -0.2) is 8.42 Å². The lowest BCUT2D eigenvalue weighted by molar-refractivity contribution is -0.137. The maximum absolute atomic E-state index is 13.1. The van der Waals surface area contributed by atoms with Gasteiger partial charge in [-0.05, 0) is 43.5 Å². The third kappa shape index (κ3) is 4.94. The van der Waals surface area contributed by atoms with Crippen molar-refractivity contribution in [2.45, 2.75) is 31.2 Å². The van der Waals surface area contributed by atoms with E-state index in [4.69, 9.17) is 34.8 Å². The Balaban J connectivity index is 1.68. The average molecular weight is 490 g/mol. The third-order valence-electron chi connectivity index (χ3n) is 5.33. The van der Waals surface area contributed by atoms with Crippen molar-refractivity contribution in [1.82, 2.24) is 9.21 Å². The predicted molar refractivity (Wildman–Crippen MR) is 120 cm³/mol. The van der Waals surface area contributed by atoms with Gasteiger partial charge >= 0.3 is 0 Å². The molecule has 0 N–H and O–H groups in total. The summed E-state index contributed by atoms with van der Waals surface area (Å²) in [4.78, 5) is 14.7. The van der Waals surface area contributed by atoms with Crippen LogP contribution in [0.15, 0.2) is 47.4 Å². The maximum Gasteiger partial charge on any atom is 0.246 e. The highest BCUT2D eigenvalue weighted by atomic mass is 35.5. The fourth-order valence-corrected chi connectivity index (χ4v) is 6.39. The number of benzene rings is 2. The summed E-state index contributed by atoms with van der Waals surface area (Å²) in [6.45, 7) is 3.39. The lowest BCUT2D eigenvalue weighted by Gasteiger charge is -2.33. The van der Waals surface area contributed by atoms with E-state index in [1.54, 1.807) is 17.0 Å². The van der Waals surface area contributed by atoms with Gasteiger partial charge < -0.3 is 4.90 Å². The minimum atomic E-state index is -3.83. The lowest BCUT2D eigenvalue weighted by Crippen LogP contribution is -2.44. The first-order chi connectivity index (χ1) is 14.3. The Morgan fingerprint density at radius 1 is 1.00 bits per heavy atom. The summed E-state index contributed by atoms with van der Waals surface area (Å²) in [7, 11) is -3.83. The van der Waals surface area contributed by atoms with Gasteiger partial charge in [0.25, 0.3) is 0 Å². The molecule has 0 aromatic heterocycles. The molecular weight excluding hydrogens is 467 g/mol. The number of hydrogen-bond donors (Lipinski definition) is 0. The van der Waals surface area contributed by atoms with Crippen LogP contribution in [0.25, 0.3) is 0 Å². The summed E-state index contributed by atoms with van der Waals surface area (Å²) < 4.78 is 27.4. The largest absolute Gasteiger partial charge is 0.338 e. The molecule has 162 valence electrons. The molecule has 1 fully saturated rings. The molecule has 2 aromatic rings. The zero-order valence-electron chi connectivity index (χ0n) is 16.5. The highest BCUT2D eigenvalue weighted by Crippen LogP contribution is 2.33. The minimum absolute atomic E-state index is 0.0187. The molecule has 0 atom stereocenters. The first-order valence-electron chi connectivity index (χ1n) is 9.72. The van der Waals surface area contributed by atoms with Gasteiger partial charge in [0.1, 0.15) is 4.90 Å². The Kier molecular flexibility index (Phi) is 7.69. The van der Waals surface area contributed by atoms with E-state index in [9.17, 15) is 13.2 Å². The van der Waals surface area contributed by atoms with Gasteiger partial charge in [-0.3, -0.25) is 4.79 Å². The summed E-state index contributed by atoms with van der Waals surface area (Å²) in [6.07, 6.45) is 0.887. The van der Waals surface area contributed by atoms with Crippen LogP contribution in [0.4, 0.5) is 0 Å². The number of piperidine rings is 1. The number of sulfonamides is 1. The molecule has 1 aliphatic rings. The molecule has 9 heteroatoms. The molecule has 30 heavy (non-hydrogen) atoms. The third-order valence-corrected chi connectivity index (χ3v) is 8.56. The van der Waals surface area contributed by atoms with Crippen molar-refractivity contribution < 1.29 is 13.2 Å². The van der Waals surface area contributed by atoms with Crippen LogP contribution in [0.5, 0.6) is 0 Å². The van der Waals surface area contributed by atoms with Crippen molar-refractivity contribution in [3.63, 3.8) is 0 Å². The maximum atomic E-state index is 13.1. The highest BCUT2D eigenvalue weighted by molar-refractivity contribution is 7.89. The van der Waals surface area contributed by atoms with Crippen molar-refractivity contribution in [2.75, 3.05) is 19.6 Å². The quantitative estimate of drug-likeness (QED) is 0.567. The van der Waals surface area contributed by atoms with Crippen LogP contribution < -0.4 is 0 Å². The highest BCUT2D eigenvalue weighted by Gasteiger charge is 2.35. The van der Waals surface area contributed by atoms with Gasteiger partial charge in [0.2, 0.25) is 15.9 Å². The first-order valence-corrected chi connectivity index (χ1v) is 12.3. The Bertz CT molecular complexity index is 1000. The van der Waals surface area contributed by atoms with Crippen molar-refractivity contribution >= 4 is 50.7 Å². The number of halogens is 3. The second-order valence-corrected chi connectivity index (χ2v) is 10.3. The van der Waals surface area contributed by atoms with E-state index >= 15 is 0 Å². The molecule has 0 spiro atoms. The topological polar surface area (TPSA) is 57.7 Å². The SMILES string of the molecule is CCN(Cc1ccccc1Cl)C(=O)C1CCN(S(=O)(=O)c2c(Cl)cccc2Cl)CC1. The second kappa shape index (κ2) is 9.88. The van der Waals surface area contributed by atoms with Gasteiger partial charge in [-0.2, -0.15) is 4.31 Å². The number of nitrogens with zero attached hydrogens (tertiary/aromatic N) is 2. The predicted octanol–water partition coefficient (Wildman–Crippen LogP) is 5.10. The first kappa shape index (κ1) is 23.4. The lowest BCUT2D eigenvalue weighted by atomic mass is 9.96. The fraction of sp³-hybridized carbons (Fsp3) is 0.381. The molecule has 0 unspecified atom stereocenters. The number of carbonyl (C=O) groups is 1. The van der Waals surface area contributed by atoms with Crippen molar-refractivity contribution in [3.8, 4) is 0 Å². The van der Waals surface area contributed by atoms with Gasteiger partial charge in [-0.15, -0.1) is 0 Å². The molecule has 5 nitrogen and oxygen atoms in total. The monoisotopic (exact) mass is 488 g/mol. The Hall–Kier alpha value is -1.31. The minimum Gasteiger partial charge on any atom is -0.338 e. The van der Waals surface area contributed by atoms with E-state index in [2.05, 4.69) is 0 Å². The Labute approximate surface area is 192 Å². The van der Waals surface area contributed by atoms with Gasteiger partial charge in [-0.1, -0.05) is 59.1 Å². The normalized spacial score (nSPS) is 15.9. The Morgan fingerprint density at radius 2 is 1.57 bits per heavy atom. The van der Waals surface area contributed by atoms with Crippen LogP contribution in [-0.4, -0.2) is 43.2 Å². The molecule has 1 amide bonds. The average Bonchev–Trinajstić information content (AvgIpc) is 2.72. The molecular formula is C21H23Cl3N2O3S. The summed E-state index contributed by atoms with van der Waals surface area (Å²) in [5.74, 6) is -0.217. The zero-order valence-corrected chi connectivity index (χ0v) is 19.6.